The maximum Gasteiger partial charge on any atom is 0.124 e. The van der Waals surface area contributed by atoms with Crippen molar-refractivity contribution in [1.29, 1.82) is 0 Å². The lowest BCUT2D eigenvalue weighted by molar-refractivity contribution is -0.107. The molecule has 0 aromatic heterocycles. The Morgan fingerprint density at radius 1 is 1.44 bits per heavy atom. The fourth-order valence-corrected chi connectivity index (χ4v) is 0.592. The van der Waals surface area contributed by atoms with Gasteiger partial charge in [-0.1, -0.05) is 18.2 Å². The SMILES string of the molecule is C/C=C\C(=C/C)CC=O. The van der Waals surface area contributed by atoms with E-state index >= 15 is 0 Å². The van der Waals surface area contributed by atoms with Gasteiger partial charge in [0.2, 0.25) is 0 Å². The molecule has 0 amide bonds. The number of allylic oxidation sites excluding steroid dienone is 4. The first-order chi connectivity index (χ1) is 4.35. The van der Waals surface area contributed by atoms with Gasteiger partial charge in [-0.15, -0.1) is 0 Å². The monoisotopic (exact) mass is 124 g/mol. The molecule has 50 valence electrons. The first-order valence-corrected chi connectivity index (χ1v) is 3.06. The maximum absolute atomic E-state index is 9.97. The van der Waals surface area contributed by atoms with Crippen LogP contribution in [0.4, 0.5) is 0 Å². The predicted octanol–water partition coefficient (Wildman–Crippen LogP) is 2.10. The summed E-state index contributed by atoms with van der Waals surface area (Å²) in [4.78, 5) is 9.97. The number of aldehydes is 1. The summed E-state index contributed by atoms with van der Waals surface area (Å²) in [6.45, 7) is 3.87. The molecule has 0 spiro atoms. The third-order valence-electron chi connectivity index (χ3n) is 1.07. The molecule has 0 aromatic rings. The Morgan fingerprint density at radius 2 is 2.11 bits per heavy atom. The van der Waals surface area contributed by atoms with E-state index in [-0.39, 0.29) is 0 Å². The van der Waals surface area contributed by atoms with Crippen molar-refractivity contribution in [3.63, 3.8) is 0 Å². The maximum atomic E-state index is 9.97. The van der Waals surface area contributed by atoms with Crippen LogP contribution in [0.3, 0.4) is 0 Å². The largest absolute Gasteiger partial charge is 0.303 e. The highest BCUT2D eigenvalue weighted by Gasteiger charge is 1.84. The van der Waals surface area contributed by atoms with Crippen molar-refractivity contribution in [3.8, 4) is 0 Å². The summed E-state index contributed by atoms with van der Waals surface area (Å²) in [7, 11) is 0. The number of carbonyl (C=O) groups is 1. The molecule has 0 atom stereocenters. The molecule has 0 aromatic carbocycles. The summed E-state index contributed by atoms with van der Waals surface area (Å²) < 4.78 is 0. The van der Waals surface area contributed by atoms with Crippen molar-refractivity contribution in [2.24, 2.45) is 0 Å². The highest BCUT2D eigenvalue weighted by molar-refractivity contribution is 5.55. The van der Waals surface area contributed by atoms with Crippen LogP contribution in [-0.2, 0) is 4.79 Å². The second-order valence-corrected chi connectivity index (χ2v) is 1.73. The number of hydrogen-bond donors (Lipinski definition) is 0. The molecular formula is C8H12O. The Bertz CT molecular complexity index is 132. The topological polar surface area (TPSA) is 17.1 Å². The van der Waals surface area contributed by atoms with Crippen LogP contribution < -0.4 is 0 Å². The van der Waals surface area contributed by atoms with Gasteiger partial charge in [-0.3, -0.25) is 0 Å². The quantitative estimate of drug-likeness (QED) is 0.416. The van der Waals surface area contributed by atoms with Crippen molar-refractivity contribution in [2.45, 2.75) is 20.3 Å². The average molecular weight is 124 g/mol. The third-order valence-corrected chi connectivity index (χ3v) is 1.07. The molecule has 0 heterocycles. The molecule has 0 unspecified atom stereocenters. The summed E-state index contributed by atoms with van der Waals surface area (Å²) in [5, 5.41) is 0. The van der Waals surface area contributed by atoms with Crippen LogP contribution in [0.1, 0.15) is 20.3 Å². The van der Waals surface area contributed by atoms with E-state index in [0.29, 0.717) is 6.42 Å². The van der Waals surface area contributed by atoms with Crippen molar-refractivity contribution in [1.82, 2.24) is 0 Å². The molecule has 0 rings (SSSR count). The van der Waals surface area contributed by atoms with E-state index in [1.165, 1.54) is 0 Å². The molecule has 0 aliphatic heterocycles. The summed E-state index contributed by atoms with van der Waals surface area (Å²) in [6.07, 6.45) is 7.25. The van der Waals surface area contributed by atoms with Crippen LogP contribution in [0.5, 0.6) is 0 Å². The van der Waals surface area contributed by atoms with Gasteiger partial charge in [-0.25, -0.2) is 0 Å². The molecule has 0 fully saturated rings. The molecule has 1 heteroatoms. The number of carbonyl (C=O) groups excluding carboxylic acids is 1. The van der Waals surface area contributed by atoms with Crippen LogP contribution in [0.2, 0.25) is 0 Å². The molecule has 0 radical (unpaired) electrons. The Balaban J connectivity index is 3.84. The zero-order valence-electron chi connectivity index (χ0n) is 5.92. The molecule has 9 heavy (non-hydrogen) atoms. The number of hydrogen-bond acceptors (Lipinski definition) is 1. The van der Waals surface area contributed by atoms with Gasteiger partial charge < -0.3 is 4.79 Å². The molecule has 0 aliphatic rings. The lowest BCUT2D eigenvalue weighted by Gasteiger charge is -1.89. The second-order valence-electron chi connectivity index (χ2n) is 1.73. The van der Waals surface area contributed by atoms with Gasteiger partial charge in [0, 0.05) is 6.42 Å². The van der Waals surface area contributed by atoms with Crippen molar-refractivity contribution in [3.05, 3.63) is 23.8 Å². The van der Waals surface area contributed by atoms with Crippen LogP contribution in [0, 0.1) is 0 Å². The Morgan fingerprint density at radius 3 is 2.44 bits per heavy atom. The van der Waals surface area contributed by atoms with Crippen molar-refractivity contribution in [2.75, 3.05) is 0 Å². The molecule has 0 N–H and O–H groups in total. The van der Waals surface area contributed by atoms with E-state index in [9.17, 15) is 4.79 Å². The minimum atomic E-state index is 0.529. The highest BCUT2D eigenvalue weighted by atomic mass is 16.1. The zero-order chi connectivity index (χ0) is 7.11. The Kier molecular flexibility index (Phi) is 4.79. The molecular weight excluding hydrogens is 112 g/mol. The van der Waals surface area contributed by atoms with Gasteiger partial charge in [0.05, 0.1) is 0 Å². The Hall–Kier alpha value is -0.850. The molecule has 0 bridgehead atoms. The van der Waals surface area contributed by atoms with Gasteiger partial charge in [-0.2, -0.15) is 0 Å². The molecule has 0 saturated heterocycles. The van der Waals surface area contributed by atoms with Crippen LogP contribution in [0.25, 0.3) is 0 Å². The van der Waals surface area contributed by atoms with Gasteiger partial charge in [-0.05, 0) is 19.4 Å². The number of rotatable bonds is 3. The van der Waals surface area contributed by atoms with E-state index < -0.39 is 0 Å². The van der Waals surface area contributed by atoms with Gasteiger partial charge >= 0.3 is 0 Å². The summed E-state index contributed by atoms with van der Waals surface area (Å²) >= 11 is 0. The minimum absolute atomic E-state index is 0.529. The predicted molar refractivity (Wildman–Crippen MR) is 39.3 cm³/mol. The second kappa shape index (κ2) is 5.29. The Labute approximate surface area is 56.1 Å². The summed E-state index contributed by atoms with van der Waals surface area (Å²) in [6, 6.07) is 0. The lowest BCUT2D eigenvalue weighted by atomic mass is 10.2. The van der Waals surface area contributed by atoms with Crippen molar-refractivity contribution >= 4 is 6.29 Å². The molecule has 1 nitrogen and oxygen atoms in total. The van der Waals surface area contributed by atoms with E-state index in [2.05, 4.69) is 0 Å². The molecule has 0 aliphatic carbocycles. The van der Waals surface area contributed by atoms with Gasteiger partial charge in [0.15, 0.2) is 0 Å². The smallest absolute Gasteiger partial charge is 0.124 e. The van der Waals surface area contributed by atoms with E-state index in [4.69, 9.17) is 0 Å². The van der Waals surface area contributed by atoms with Crippen molar-refractivity contribution < 1.29 is 4.79 Å². The van der Waals surface area contributed by atoms with Crippen LogP contribution in [-0.4, -0.2) is 6.29 Å². The van der Waals surface area contributed by atoms with E-state index in [1.807, 2.05) is 32.1 Å². The van der Waals surface area contributed by atoms with Gasteiger partial charge in [0.1, 0.15) is 6.29 Å². The third kappa shape index (κ3) is 3.71. The van der Waals surface area contributed by atoms with E-state index in [0.717, 1.165) is 11.9 Å². The zero-order valence-corrected chi connectivity index (χ0v) is 5.92. The summed E-state index contributed by atoms with van der Waals surface area (Å²) in [5.41, 5.74) is 1.08. The van der Waals surface area contributed by atoms with Crippen LogP contribution >= 0.6 is 0 Å². The fraction of sp³-hybridized carbons (Fsp3) is 0.375. The first kappa shape index (κ1) is 8.15. The normalized spacial score (nSPS) is 12.4. The first-order valence-electron chi connectivity index (χ1n) is 3.06. The van der Waals surface area contributed by atoms with E-state index in [1.54, 1.807) is 0 Å². The van der Waals surface area contributed by atoms with Crippen LogP contribution in [0.15, 0.2) is 23.8 Å². The lowest BCUT2D eigenvalue weighted by Crippen LogP contribution is -1.77. The highest BCUT2D eigenvalue weighted by Crippen LogP contribution is 1.99. The standard InChI is InChI=1S/C8H12O/c1-3-5-8(4-2)6-7-9/h3-5,7H,6H2,1-2H3/b5-3-,8-4+. The van der Waals surface area contributed by atoms with Gasteiger partial charge in [0.25, 0.3) is 0 Å². The molecule has 0 saturated carbocycles. The summed E-state index contributed by atoms with van der Waals surface area (Å²) in [5.74, 6) is 0. The minimum Gasteiger partial charge on any atom is -0.303 e. The fourth-order valence-electron chi connectivity index (χ4n) is 0.592. The average Bonchev–Trinajstić information content (AvgIpc) is 1.88.